The molecule has 28 heavy (non-hydrogen) atoms. The topological polar surface area (TPSA) is 66.7 Å². The van der Waals surface area contributed by atoms with E-state index in [4.69, 9.17) is 4.74 Å². The minimum absolute atomic E-state index is 0.0783. The Morgan fingerprint density at radius 3 is 2.79 bits per heavy atom. The first-order valence-electron chi connectivity index (χ1n) is 10.0. The molecule has 6 heteroatoms. The predicted octanol–water partition coefficient (Wildman–Crippen LogP) is 2.49. The number of β-amino-alcohol motifs (C(OH)–C–C–N with tert-alkyl or cyclic N) is 1. The molecule has 1 aliphatic heterocycles. The first kappa shape index (κ1) is 20.6. The number of aromatic nitrogens is 1. The van der Waals surface area contributed by atoms with Crippen molar-refractivity contribution in [2.24, 2.45) is 7.05 Å². The normalized spacial score (nSPS) is 18.8. The molecule has 2 N–H and O–H groups in total. The highest BCUT2D eigenvalue weighted by atomic mass is 16.5. The zero-order chi connectivity index (χ0) is 19.9. The summed E-state index contributed by atoms with van der Waals surface area (Å²) in [4.78, 5) is 14.3. The van der Waals surface area contributed by atoms with Gasteiger partial charge in [-0.05, 0) is 37.1 Å². The summed E-state index contributed by atoms with van der Waals surface area (Å²) in [6.45, 7) is 2.34. The van der Waals surface area contributed by atoms with Gasteiger partial charge in [0.05, 0.1) is 25.4 Å². The number of carbonyl (C=O) groups is 1. The average molecular weight is 386 g/mol. The molecule has 1 amide bonds. The molecule has 1 saturated heterocycles. The van der Waals surface area contributed by atoms with Gasteiger partial charge in [-0.15, -0.1) is 0 Å². The lowest BCUT2D eigenvalue weighted by Crippen LogP contribution is -2.41. The molecule has 3 rings (SSSR count). The fourth-order valence-corrected chi connectivity index (χ4v) is 3.97. The van der Waals surface area contributed by atoms with Crippen LogP contribution in [0, 0.1) is 0 Å². The van der Waals surface area contributed by atoms with Crippen LogP contribution >= 0.6 is 0 Å². The van der Waals surface area contributed by atoms with Crippen molar-refractivity contribution < 1.29 is 14.6 Å². The lowest BCUT2D eigenvalue weighted by molar-refractivity contribution is -0.00450. The van der Waals surface area contributed by atoms with Crippen LogP contribution in [0.3, 0.4) is 0 Å². The molecule has 0 spiro atoms. The van der Waals surface area contributed by atoms with E-state index in [-0.39, 0.29) is 11.9 Å². The van der Waals surface area contributed by atoms with Crippen molar-refractivity contribution in [3.8, 4) is 0 Å². The predicted molar refractivity (Wildman–Crippen MR) is 109 cm³/mol. The molecule has 6 nitrogen and oxygen atoms in total. The Balaban J connectivity index is 1.58. The molecule has 1 aliphatic rings. The molecule has 2 heterocycles. The van der Waals surface area contributed by atoms with Gasteiger partial charge in [-0.1, -0.05) is 36.8 Å². The molecule has 1 aromatic carbocycles. The summed E-state index contributed by atoms with van der Waals surface area (Å²) in [7, 11) is 3.58. The van der Waals surface area contributed by atoms with E-state index in [1.807, 2.05) is 54.1 Å². The van der Waals surface area contributed by atoms with Crippen molar-refractivity contribution in [3.05, 3.63) is 59.4 Å². The summed E-state index contributed by atoms with van der Waals surface area (Å²) < 4.78 is 7.68. The highest BCUT2D eigenvalue weighted by Gasteiger charge is 2.28. The van der Waals surface area contributed by atoms with Crippen LogP contribution in [0.15, 0.2) is 42.5 Å². The quantitative estimate of drug-likeness (QED) is 0.733. The van der Waals surface area contributed by atoms with Gasteiger partial charge in [0.2, 0.25) is 0 Å². The Labute approximate surface area is 167 Å². The summed E-state index contributed by atoms with van der Waals surface area (Å²) in [5.74, 6) is -0.0783. The Hall–Kier alpha value is -2.15. The molecule has 1 fully saturated rings. The van der Waals surface area contributed by atoms with Gasteiger partial charge in [0.1, 0.15) is 5.69 Å². The maximum atomic E-state index is 12.0. The molecular weight excluding hydrogens is 354 g/mol. The van der Waals surface area contributed by atoms with Crippen molar-refractivity contribution in [2.75, 3.05) is 26.7 Å². The largest absolute Gasteiger partial charge is 0.389 e. The highest BCUT2D eigenvalue weighted by Crippen LogP contribution is 2.31. The van der Waals surface area contributed by atoms with E-state index < -0.39 is 6.10 Å². The van der Waals surface area contributed by atoms with Gasteiger partial charge in [-0.2, -0.15) is 0 Å². The summed E-state index contributed by atoms with van der Waals surface area (Å²) in [5, 5.41) is 13.2. The van der Waals surface area contributed by atoms with Gasteiger partial charge in [-0.25, -0.2) is 0 Å². The van der Waals surface area contributed by atoms with E-state index in [1.54, 1.807) is 7.05 Å². The van der Waals surface area contributed by atoms with Crippen LogP contribution in [0.1, 0.15) is 47.1 Å². The maximum Gasteiger partial charge on any atom is 0.267 e. The van der Waals surface area contributed by atoms with E-state index >= 15 is 0 Å². The van der Waals surface area contributed by atoms with Crippen LogP contribution in [-0.2, 0) is 18.4 Å². The standard InChI is InChI=1S/C22H31N3O3/c1-23-22(27)21-12-11-19(24(21)2)20-10-6-7-13-25(20)14-18(26)16-28-15-17-8-4-3-5-9-17/h3-5,8-9,11-12,18,20,26H,6-7,10,13-16H2,1-2H3,(H,23,27)/t18-,20-/m1/s1. The monoisotopic (exact) mass is 385 g/mol. The van der Waals surface area contributed by atoms with Gasteiger partial charge in [0.15, 0.2) is 0 Å². The first-order chi connectivity index (χ1) is 13.6. The molecule has 0 saturated carbocycles. The number of amides is 1. The summed E-state index contributed by atoms with van der Waals surface area (Å²) in [5.41, 5.74) is 2.89. The molecule has 0 radical (unpaired) electrons. The second-order valence-corrected chi connectivity index (χ2v) is 7.44. The highest BCUT2D eigenvalue weighted by molar-refractivity contribution is 5.92. The second-order valence-electron chi connectivity index (χ2n) is 7.44. The van der Waals surface area contributed by atoms with Crippen LogP contribution in [0.2, 0.25) is 0 Å². The lowest BCUT2D eigenvalue weighted by atomic mass is 9.99. The van der Waals surface area contributed by atoms with Gasteiger partial charge >= 0.3 is 0 Å². The number of aliphatic hydroxyl groups is 1. The van der Waals surface area contributed by atoms with Crippen LogP contribution in [0.25, 0.3) is 0 Å². The molecule has 2 atom stereocenters. The molecular formula is C22H31N3O3. The van der Waals surface area contributed by atoms with Crippen LogP contribution in [0.4, 0.5) is 0 Å². The Kier molecular flexibility index (Phi) is 7.25. The smallest absolute Gasteiger partial charge is 0.267 e. The number of hydrogen-bond donors (Lipinski definition) is 2. The first-order valence-corrected chi connectivity index (χ1v) is 10.0. The SMILES string of the molecule is CNC(=O)c1ccc([C@H]2CCCCN2C[C@@H](O)COCc2ccccc2)n1C. The average Bonchev–Trinajstić information content (AvgIpc) is 3.10. The minimum atomic E-state index is -0.539. The van der Waals surface area contributed by atoms with Crippen molar-refractivity contribution in [1.29, 1.82) is 0 Å². The molecule has 2 aromatic rings. The summed E-state index contributed by atoms with van der Waals surface area (Å²) >= 11 is 0. The number of benzene rings is 1. The number of nitrogens with zero attached hydrogens (tertiary/aromatic N) is 2. The van der Waals surface area contributed by atoms with Crippen molar-refractivity contribution >= 4 is 5.91 Å². The number of aliphatic hydroxyl groups excluding tert-OH is 1. The number of hydrogen-bond acceptors (Lipinski definition) is 4. The number of piperidine rings is 1. The number of likely N-dealkylation sites (tertiary alicyclic amines) is 1. The van der Waals surface area contributed by atoms with Crippen molar-refractivity contribution in [3.63, 3.8) is 0 Å². The van der Waals surface area contributed by atoms with Crippen LogP contribution < -0.4 is 5.32 Å². The lowest BCUT2D eigenvalue weighted by Gasteiger charge is -2.37. The number of nitrogens with one attached hydrogen (secondary N) is 1. The van der Waals surface area contributed by atoms with Crippen molar-refractivity contribution in [2.45, 2.75) is 38.0 Å². The van der Waals surface area contributed by atoms with Gasteiger partial charge in [0, 0.05) is 26.3 Å². The third kappa shape index (κ3) is 5.01. The third-order valence-corrected chi connectivity index (χ3v) is 5.44. The van der Waals surface area contributed by atoms with E-state index in [2.05, 4.69) is 10.2 Å². The van der Waals surface area contributed by atoms with Gasteiger partial charge < -0.3 is 19.7 Å². The number of ether oxygens (including phenoxy) is 1. The maximum absolute atomic E-state index is 12.0. The Morgan fingerprint density at radius 2 is 2.04 bits per heavy atom. The summed E-state index contributed by atoms with van der Waals surface area (Å²) in [6, 6.07) is 14.1. The van der Waals surface area contributed by atoms with E-state index in [1.165, 1.54) is 0 Å². The zero-order valence-corrected chi connectivity index (χ0v) is 16.8. The fraction of sp³-hybridized carbons (Fsp3) is 0.500. The number of rotatable bonds is 8. The fourth-order valence-electron chi connectivity index (χ4n) is 3.97. The van der Waals surface area contributed by atoms with Gasteiger partial charge in [0.25, 0.3) is 5.91 Å². The van der Waals surface area contributed by atoms with E-state index in [9.17, 15) is 9.90 Å². The molecule has 0 unspecified atom stereocenters. The number of carbonyl (C=O) groups excluding carboxylic acids is 1. The summed E-state index contributed by atoms with van der Waals surface area (Å²) in [6.07, 6.45) is 2.77. The zero-order valence-electron chi connectivity index (χ0n) is 16.8. The van der Waals surface area contributed by atoms with Crippen LogP contribution in [0.5, 0.6) is 0 Å². The van der Waals surface area contributed by atoms with E-state index in [0.29, 0.717) is 25.5 Å². The third-order valence-electron chi connectivity index (χ3n) is 5.44. The minimum Gasteiger partial charge on any atom is -0.389 e. The molecule has 0 bridgehead atoms. The van der Waals surface area contributed by atoms with Crippen molar-refractivity contribution in [1.82, 2.24) is 14.8 Å². The van der Waals surface area contributed by atoms with E-state index in [0.717, 1.165) is 37.1 Å². The van der Waals surface area contributed by atoms with Crippen LogP contribution in [-0.4, -0.2) is 53.3 Å². The second kappa shape index (κ2) is 9.87. The Bertz CT molecular complexity index is 760. The molecule has 1 aromatic heterocycles. The van der Waals surface area contributed by atoms with Gasteiger partial charge in [-0.3, -0.25) is 9.69 Å². The Morgan fingerprint density at radius 1 is 1.25 bits per heavy atom. The molecule has 0 aliphatic carbocycles. The molecule has 152 valence electrons.